The minimum absolute atomic E-state index is 0.848. The molecule has 1 aromatic rings. The molecule has 0 amide bonds. The molecule has 0 spiro atoms. The molecule has 0 aliphatic heterocycles. The summed E-state index contributed by atoms with van der Waals surface area (Å²) < 4.78 is 5.33. The van der Waals surface area contributed by atoms with Gasteiger partial charge in [-0.3, -0.25) is 0 Å². The summed E-state index contributed by atoms with van der Waals surface area (Å²) in [5.41, 5.74) is 4.64. The van der Waals surface area contributed by atoms with Crippen molar-refractivity contribution in [2.75, 3.05) is 19.1 Å². The fraction of sp³-hybridized carbons (Fsp3) is 0.500. The van der Waals surface area contributed by atoms with Gasteiger partial charge in [-0.25, -0.2) is 0 Å². The van der Waals surface area contributed by atoms with Gasteiger partial charge in [0.15, 0.2) is 0 Å². The molecule has 1 rings (SSSR count). The molecule has 0 bridgehead atoms. The molecule has 1 N–H and O–H groups in total. The van der Waals surface area contributed by atoms with E-state index < -0.39 is 0 Å². The zero-order valence-corrected chi connectivity index (χ0v) is 11.1. The zero-order valence-electron chi connectivity index (χ0n) is 9.56. The molecule has 15 heavy (non-hydrogen) atoms. The van der Waals surface area contributed by atoms with Gasteiger partial charge in [0.05, 0.1) is 12.6 Å². The topological polar surface area (TPSA) is 21.3 Å². The maximum Gasteiger partial charge on any atom is 0.124 e. The third-order valence-electron chi connectivity index (χ3n) is 2.41. The first-order valence-corrected chi connectivity index (χ1v) is 6.22. The Morgan fingerprint density at radius 3 is 2.33 bits per heavy atom. The minimum atomic E-state index is 0.848. The summed E-state index contributed by atoms with van der Waals surface area (Å²) in [4.78, 5) is 0. The maximum atomic E-state index is 5.33. The quantitative estimate of drug-likeness (QED) is 0.505. The second-order valence-corrected chi connectivity index (χ2v) is 4.21. The van der Waals surface area contributed by atoms with Crippen LogP contribution in [-0.4, -0.2) is 19.1 Å². The Morgan fingerprint density at radius 2 is 1.87 bits per heavy atom. The summed E-state index contributed by atoms with van der Waals surface area (Å²) in [5, 5.41) is 3.25. The number of aryl methyl sites for hydroxylation is 2. The predicted molar refractivity (Wildman–Crippen MR) is 68.0 cm³/mol. The molecule has 3 heteroatoms. The van der Waals surface area contributed by atoms with Gasteiger partial charge in [-0.15, -0.1) is 0 Å². The molecule has 0 radical (unpaired) electrons. The smallest absolute Gasteiger partial charge is 0.124 e. The van der Waals surface area contributed by atoms with Gasteiger partial charge in [0, 0.05) is 0 Å². The Hall–Kier alpha value is -0.540. The van der Waals surface area contributed by atoms with Crippen LogP contribution in [0.1, 0.15) is 16.7 Å². The first-order valence-electron chi connectivity index (χ1n) is 5.09. The Labute approximate surface area is 100 Å². The molecule has 0 atom stereocenters. The third-order valence-corrected chi connectivity index (χ3v) is 2.81. The maximum absolute atomic E-state index is 5.33. The lowest BCUT2D eigenvalue weighted by atomic mass is 10.0. The molecule has 0 aliphatic carbocycles. The molecule has 1 aromatic carbocycles. The molecular weight excluding hydrogens is 254 g/mol. The van der Waals surface area contributed by atoms with Crippen LogP contribution in [0.25, 0.3) is 0 Å². The number of ether oxygens (including phenoxy) is 1. The van der Waals surface area contributed by atoms with Crippen LogP contribution in [0.4, 0.5) is 0 Å². The van der Waals surface area contributed by atoms with Crippen LogP contribution in [0, 0.1) is 13.8 Å². The average molecular weight is 272 g/mol. The summed E-state index contributed by atoms with van der Waals surface area (Å²) in [6.07, 6.45) is 1.05. The number of methoxy groups -OCH3 is 1. The summed E-state index contributed by atoms with van der Waals surface area (Å²) >= 11 is 3.34. The van der Waals surface area contributed by atoms with Gasteiger partial charge in [0.25, 0.3) is 0 Å². The summed E-state index contributed by atoms with van der Waals surface area (Å²) in [5.74, 6) is 1.01. The zero-order chi connectivity index (χ0) is 11.3. The van der Waals surface area contributed by atoms with E-state index in [0.717, 1.165) is 24.2 Å². The van der Waals surface area contributed by atoms with Gasteiger partial charge < -0.3 is 10.1 Å². The minimum Gasteiger partial charge on any atom is -0.496 e. The van der Waals surface area contributed by atoms with Crippen molar-refractivity contribution < 1.29 is 4.74 Å². The molecule has 0 heterocycles. The highest BCUT2D eigenvalue weighted by molar-refractivity contribution is 9.09. The number of alkyl halides is 1. The lowest BCUT2D eigenvalue weighted by molar-refractivity contribution is 0.408. The van der Waals surface area contributed by atoms with Gasteiger partial charge in [-0.05, 0) is 43.5 Å². The normalized spacial score (nSPS) is 10.4. The van der Waals surface area contributed by atoms with Crippen molar-refractivity contribution in [3.63, 3.8) is 0 Å². The van der Waals surface area contributed by atoms with E-state index in [2.05, 4.69) is 47.2 Å². The van der Waals surface area contributed by atoms with E-state index in [4.69, 9.17) is 4.74 Å². The lowest BCUT2D eigenvalue weighted by Crippen LogP contribution is -2.14. The van der Waals surface area contributed by atoms with Gasteiger partial charge in [0.1, 0.15) is 5.75 Å². The average Bonchev–Trinajstić information content (AvgIpc) is 2.18. The lowest BCUT2D eigenvalue weighted by Gasteiger charge is -2.11. The largest absolute Gasteiger partial charge is 0.496 e. The second-order valence-electron chi connectivity index (χ2n) is 3.65. The molecule has 84 valence electrons. The number of rotatable bonds is 5. The first kappa shape index (κ1) is 12.5. The Kier molecular flexibility index (Phi) is 5.12. The van der Waals surface area contributed by atoms with Gasteiger partial charge in [-0.2, -0.15) is 0 Å². The molecule has 0 saturated heterocycles. The third kappa shape index (κ3) is 3.50. The van der Waals surface area contributed by atoms with Gasteiger partial charge in [0.2, 0.25) is 0 Å². The van der Waals surface area contributed by atoms with Crippen molar-refractivity contribution in [3.8, 4) is 5.75 Å². The Balaban J connectivity index is 2.75. The monoisotopic (exact) mass is 271 g/mol. The van der Waals surface area contributed by atoms with E-state index in [1.54, 1.807) is 7.11 Å². The van der Waals surface area contributed by atoms with Crippen LogP contribution in [0.3, 0.4) is 0 Å². The van der Waals surface area contributed by atoms with Crippen LogP contribution in [-0.2, 0) is 6.42 Å². The van der Waals surface area contributed by atoms with Crippen molar-refractivity contribution in [2.24, 2.45) is 0 Å². The molecule has 0 unspecified atom stereocenters. The molecule has 2 nitrogen and oxygen atoms in total. The predicted octanol–water partition coefficient (Wildman–Crippen LogP) is 2.80. The second kappa shape index (κ2) is 6.13. The number of hydrogen-bond donors (Lipinski definition) is 1. The first-order chi connectivity index (χ1) is 7.19. The Bertz CT molecular complexity index is 302. The van der Waals surface area contributed by atoms with Gasteiger partial charge in [-0.1, -0.05) is 28.1 Å². The molecular formula is C12H18BrNO. The molecule has 0 fully saturated rings. The van der Waals surface area contributed by atoms with E-state index in [0.29, 0.717) is 0 Å². The fourth-order valence-electron chi connectivity index (χ4n) is 1.81. The highest BCUT2D eigenvalue weighted by Gasteiger charge is 2.04. The van der Waals surface area contributed by atoms with E-state index >= 15 is 0 Å². The molecule has 0 aliphatic rings. The van der Waals surface area contributed by atoms with E-state index in [-0.39, 0.29) is 0 Å². The number of halogens is 1. The van der Waals surface area contributed by atoms with E-state index in [1.165, 1.54) is 16.7 Å². The number of benzene rings is 1. The highest BCUT2D eigenvalue weighted by atomic mass is 79.9. The van der Waals surface area contributed by atoms with E-state index in [9.17, 15) is 0 Å². The van der Waals surface area contributed by atoms with Crippen molar-refractivity contribution in [1.29, 1.82) is 0 Å². The highest BCUT2D eigenvalue weighted by Crippen LogP contribution is 2.24. The molecule has 0 aromatic heterocycles. The number of hydrogen-bond acceptors (Lipinski definition) is 2. The van der Waals surface area contributed by atoms with Crippen LogP contribution < -0.4 is 10.1 Å². The van der Waals surface area contributed by atoms with Crippen molar-refractivity contribution >= 4 is 15.9 Å². The van der Waals surface area contributed by atoms with Crippen LogP contribution in [0.15, 0.2) is 12.1 Å². The SMILES string of the molecule is COc1c(C)cc(CCNCBr)cc1C. The Morgan fingerprint density at radius 1 is 1.27 bits per heavy atom. The summed E-state index contributed by atoms with van der Waals surface area (Å²) in [6.45, 7) is 5.18. The summed E-state index contributed by atoms with van der Waals surface area (Å²) in [6, 6.07) is 4.39. The van der Waals surface area contributed by atoms with Crippen LogP contribution >= 0.6 is 15.9 Å². The molecule has 0 saturated carbocycles. The number of nitrogens with one attached hydrogen (secondary N) is 1. The van der Waals surface area contributed by atoms with Crippen molar-refractivity contribution in [3.05, 3.63) is 28.8 Å². The van der Waals surface area contributed by atoms with Crippen molar-refractivity contribution in [2.45, 2.75) is 20.3 Å². The van der Waals surface area contributed by atoms with Gasteiger partial charge >= 0.3 is 0 Å². The standard InChI is InChI=1S/C12H18BrNO/c1-9-6-11(4-5-14-8-13)7-10(2)12(9)15-3/h6-7,14H,4-5,8H2,1-3H3. The van der Waals surface area contributed by atoms with Crippen LogP contribution in [0.2, 0.25) is 0 Å². The van der Waals surface area contributed by atoms with Crippen LogP contribution in [0.5, 0.6) is 5.75 Å². The summed E-state index contributed by atoms with van der Waals surface area (Å²) in [7, 11) is 1.72. The fourth-order valence-corrected chi connectivity index (χ4v) is 2.09. The van der Waals surface area contributed by atoms with Crippen molar-refractivity contribution in [1.82, 2.24) is 5.32 Å². The van der Waals surface area contributed by atoms with E-state index in [1.807, 2.05) is 0 Å².